The van der Waals surface area contributed by atoms with E-state index in [1.807, 2.05) is 6.92 Å². The lowest BCUT2D eigenvalue weighted by Crippen LogP contribution is -2.19. The molecule has 1 aliphatic carbocycles. The molecule has 0 heterocycles. The molecule has 1 atom stereocenters. The fourth-order valence-corrected chi connectivity index (χ4v) is 1.69. The zero-order valence-electron chi connectivity index (χ0n) is 7.18. The standard InChI is InChI=1S/C9H13BrO2/c1-2-12-9(11)7-3-5-8(10)6-4-7/h5,7H,2-4,6H2,1H3. The fourth-order valence-electron chi connectivity index (χ4n) is 1.28. The summed E-state index contributed by atoms with van der Waals surface area (Å²) in [4.78, 5) is 11.2. The summed E-state index contributed by atoms with van der Waals surface area (Å²) in [6, 6.07) is 0. The van der Waals surface area contributed by atoms with E-state index in [2.05, 4.69) is 22.0 Å². The summed E-state index contributed by atoms with van der Waals surface area (Å²) in [5.74, 6) is 0.0417. The number of hydrogen-bond donors (Lipinski definition) is 0. The first-order valence-corrected chi connectivity index (χ1v) is 5.04. The normalized spacial score (nSPS) is 23.2. The van der Waals surface area contributed by atoms with Crippen LogP contribution in [0.5, 0.6) is 0 Å². The monoisotopic (exact) mass is 232 g/mol. The van der Waals surface area contributed by atoms with Gasteiger partial charge in [0.15, 0.2) is 0 Å². The lowest BCUT2D eigenvalue weighted by molar-refractivity contribution is -0.148. The van der Waals surface area contributed by atoms with Crippen LogP contribution in [0.4, 0.5) is 0 Å². The van der Waals surface area contributed by atoms with Crippen LogP contribution in [0.1, 0.15) is 26.2 Å². The van der Waals surface area contributed by atoms with Gasteiger partial charge in [-0.2, -0.15) is 0 Å². The van der Waals surface area contributed by atoms with Crippen molar-refractivity contribution in [2.24, 2.45) is 5.92 Å². The van der Waals surface area contributed by atoms with Crippen LogP contribution in [-0.4, -0.2) is 12.6 Å². The Kier molecular flexibility index (Phi) is 3.79. The summed E-state index contributed by atoms with van der Waals surface area (Å²) >= 11 is 3.41. The van der Waals surface area contributed by atoms with Crippen molar-refractivity contribution < 1.29 is 9.53 Å². The van der Waals surface area contributed by atoms with E-state index >= 15 is 0 Å². The summed E-state index contributed by atoms with van der Waals surface area (Å²) in [6.07, 6.45) is 4.75. The van der Waals surface area contributed by atoms with E-state index in [1.54, 1.807) is 0 Å². The first-order chi connectivity index (χ1) is 5.74. The lowest BCUT2D eigenvalue weighted by Gasteiger charge is -2.17. The van der Waals surface area contributed by atoms with E-state index in [9.17, 15) is 4.79 Å². The number of halogens is 1. The van der Waals surface area contributed by atoms with E-state index in [-0.39, 0.29) is 11.9 Å². The maximum atomic E-state index is 11.2. The number of ether oxygens (including phenoxy) is 1. The fraction of sp³-hybridized carbons (Fsp3) is 0.667. The number of carbonyl (C=O) groups is 1. The Balaban J connectivity index is 2.40. The highest BCUT2D eigenvalue weighted by Gasteiger charge is 2.21. The van der Waals surface area contributed by atoms with Gasteiger partial charge in [0.05, 0.1) is 12.5 Å². The molecule has 0 spiro atoms. The van der Waals surface area contributed by atoms with Crippen molar-refractivity contribution in [3.8, 4) is 0 Å². The van der Waals surface area contributed by atoms with E-state index in [1.165, 1.54) is 4.48 Å². The van der Waals surface area contributed by atoms with E-state index in [0.717, 1.165) is 19.3 Å². The van der Waals surface area contributed by atoms with Crippen LogP contribution in [0.15, 0.2) is 10.6 Å². The quantitative estimate of drug-likeness (QED) is 0.685. The highest BCUT2D eigenvalue weighted by atomic mass is 79.9. The molecule has 0 N–H and O–H groups in total. The smallest absolute Gasteiger partial charge is 0.309 e. The Morgan fingerprint density at radius 3 is 3.08 bits per heavy atom. The van der Waals surface area contributed by atoms with Gasteiger partial charge < -0.3 is 4.74 Å². The van der Waals surface area contributed by atoms with Gasteiger partial charge in [0, 0.05) is 0 Å². The molecule has 2 nitrogen and oxygen atoms in total. The molecule has 3 heteroatoms. The summed E-state index contributed by atoms with van der Waals surface area (Å²) < 4.78 is 6.14. The zero-order valence-corrected chi connectivity index (χ0v) is 8.76. The van der Waals surface area contributed by atoms with Gasteiger partial charge >= 0.3 is 5.97 Å². The second kappa shape index (κ2) is 4.65. The van der Waals surface area contributed by atoms with Crippen molar-refractivity contribution in [1.29, 1.82) is 0 Å². The summed E-state index contributed by atoms with van der Waals surface area (Å²) in [5.41, 5.74) is 0. The SMILES string of the molecule is CCOC(=O)C1CC=C(Br)CC1. The molecule has 1 rings (SSSR count). The minimum atomic E-state index is -0.0475. The summed E-state index contributed by atoms with van der Waals surface area (Å²) in [5, 5.41) is 0. The molecular formula is C9H13BrO2. The lowest BCUT2D eigenvalue weighted by atomic mass is 9.95. The number of allylic oxidation sites excluding steroid dienone is 2. The molecule has 1 unspecified atom stereocenters. The largest absolute Gasteiger partial charge is 0.466 e. The molecule has 0 saturated heterocycles. The predicted molar refractivity (Wildman–Crippen MR) is 51.0 cm³/mol. The van der Waals surface area contributed by atoms with E-state index in [4.69, 9.17) is 4.74 Å². The molecule has 0 aromatic heterocycles. The molecule has 12 heavy (non-hydrogen) atoms. The molecule has 0 aromatic carbocycles. The van der Waals surface area contributed by atoms with Crippen LogP contribution < -0.4 is 0 Å². The Hall–Kier alpha value is -0.310. The van der Waals surface area contributed by atoms with E-state index in [0.29, 0.717) is 6.61 Å². The molecule has 0 fully saturated rings. The van der Waals surface area contributed by atoms with Crippen LogP contribution in [-0.2, 0) is 9.53 Å². The second-order valence-electron chi connectivity index (χ2n) is 2.87. The molecule has 68 valence electrons. The Morgan fingerprint density at radius 1 is 1.83 bits per heavy atom. The van der Waals surface area contributed by atoms with Gasteiger partial charge in [-0.25, -0.2) is 0 Å². The third-order valence-electron chi connectivity index (χ3n) is 1.98. The molecule has 0 aromatic rings. The van der Waals surface area contributed by atoms with Crippen molar-refractivity contribution in [3.05, 3.63) is 10.6 Å². The predicted octanol–water partition coefficient (Wildman–Crippen LogP) is 2.63. The Bertz CT molecular complexity index is 199. The van der Waals surface area contributed by atoms with Gasteiger partial charge in [-0.3, -0.25) is 4.79 Å². The first-order valence-electron chi connectivity index (χ1n) is 4.25. The van der Waals surface area contributed by atoms with Gasteiger partial charge in [0.2, 0.25) is 0 Å². The van der Waals surface area contributed by atoms with E-state index < -0.39 is 0 Å². The zero-order chi connectivity index (χ0) is 8.97. The number of carbonyl (C=O) groups excluding carboxylic acids is 1. The maximum absolute atomic E-state index is 11.2. The Morgan fingerprint density at radius 2 is 2.58 bits per heavy atom. The van der Waals surface area contributed by atoms with Gasteiger partial charge in [-0.1, -0.05) is 22.0 Å². The van der Waals surface area contributed by atoms with Crippen LogP contribution >= 0.6 is 15.9 Å². The highest BCUT2D eigenvalue weighted by molar-refractivity contribution is 9.11. The van der Waals surface area contributed by atoms with Crippen molar-refractivity contribution in [3.63, 3.8) is 0 Å². The van der Waals surface area contributed by atoms with Gasteiger partial charge in [0.25, 0.3) is 0 Å². The van der Waals surface area contributed by atoms with Crippen LogP contribution in [0, 0.1) is 5.92 Å². The van der Waals surface area contributed by atoms with Crippen molar-refractivity contribution in [2.45, 2.75) is 26.2 Å². The number of rotatable bonds is 2. The summed E-state index contributed by atoms with van der Waals surface area (Å²) in [6.45, 7) is 2.33. The van der Waals surface area contributed by atoms with Crippen molar-refractivity contribution >= 4 is 21.9 Å². The number of hydrogen-bond acceptors (Lipinski definition) is 2. The van der Waals surface area contributed by atoms with Crippen LogP contribution in [0.3, 0.4) is 0 Å². The molecule has 0 bridgehead atoms. The van der Waals surface area contributed by atoms with Gasteiger partial charge in [-0.15, -0.1) is 0 Å². The third-order valence-corrected chi connectivity index (χ3v) is 2.70. The van der Waals surface area contributed by atoms with Crippen molar-refractivity contribution in [2.75, 3.05) is 6.61 Å². The molecular weight excluding hydrogens is 220 g/mol. The second-order valence-corrected chi connectivity index (χ2v) is 3.89. The average Bonchev–Trinajstić information content (AvgIpc) is 2.06. The average molecular weight is 233 g/mol. The molecule has 0 amide bonds. The van der Waals surface area contributed by atoms with Gasteiger partial charge in [-0.05, 0) is 30.7 Å². The molecule has 0 saturated carbocycles. The highest BCUT2D eigenvalue weighted by Crippen LogP contribution is 2.27. The van der Waals surface area contributed by atoms with Crippen LogP contribution in [0.2, 0.25) is 0 Å². The topological polar surface area (TPSA) is 26.3 Å². The maximum Gasteiger partial charge on any atom is 0.309 e. The van der Waals surface area contributed by atoms with Crippen molar-refractivity contribution in [1.82, 2.24) is 0 Å². The third kappa shape index (κ3) is 2.63. The molecule has 0 aliphatic heterocycles. The minimum Gasteiger partial charge on any atom is -0.466 e. The number of esters is 1. The Labute approximate surface area is 81.1 Å². The molecule has 1 aliphatic rings. The van der Waals surface area contributed by atoms with Gasteiger partial charge in [0.1, 0.15) is 0 Å². The van der Waals surface area contributed by atoms with Crippen LogP contribution in [0.25, 0.3) is 0 Å². The summed E-state index contributed by atoms with van der Waals surface area (Å²) in [7, 11) is 0. The molecule has 0 radical (unpaired) electrons. The first kappa shape index (κ1) is 9.78. The minimum absolute atomic E-state index is 0.0475.